The molecule has 0 N–H and O–H groups in total. The zero-order valence-corrected chi connectivity index (χ0v) is 18.9. The van der Waals surface area contributed by atoms with E-state index in [9.17, 15) is 4.79 Å². The van der Waals surface area contributed by atoms with Gasteiger partial charge in [0.2, 0.25) is 0 Å². The van der Waals surface area contributed by atoms with Crippen LogP contribution in [0.5, 0.6) is 5.75 Å². The molecule has 3 aromatic heterocycles. The number of hydrogen-bond donors (Lipinski definition) is 0. The normalized spacial score (nSPS) is 21.7. The Hall–Kier alpha value is -2.77. The second-order valence-corrected chi connectivity index (χ2v) is 9.06. The van der Waals surface area contributed by atoms with Crippen LogP contribution >= 0.6 is 23.2 Å². The molecule has 1 saturated carbocycles. The van der Waals surface area contributed by atoms with Gasteiger partial charge in [0.25, 0.3) is 5.91 Å². The summed E-state index contributed by atoms with van der Waals surface area (Å²) in [5.41, 5.74) is 1.77. The van der Waals surface area contributed by atoms with Crippen molar-refractivity contribution in [3.8, 4) is 17.1 Å². The zero-order valence-electron chi connectivity index (χ0n) is 17.4. The molecule has 2 aliphatic rings. The molecule has 7 nitrogen and oxygen atoms in total. The standard InChI is InChI=1S/C23H21Cl2N5O2/c1-13-3-4-18(22-26-5-2-6-27-22)21(28-13)23(31)30-11-15-7-14(15)8-16(30)12-32-17-9-19(24)29-20(25)10-17/h2-6,9-10,14-16H,7-8,11-12H2,1H3/t14-,15+,16-/m0/s1. The molecule has 164 valence electrons. The molecule has 1 aliphatic heterocycles. The third-order valence-corrected chi connectivity index (χ3v) is 6.39. The maximum Gasteiger partial charge on any atom is 0.273 e. The van der Waals surface area contributed by atoms with Gasteiger partial charge in [-0.25, -0.2) is 19.9 Å². The second kappa shape index (κ2) is 8.64. The highest BCUT2D eigenvalue weighted by Gasteiger charge is 2.47. The van der Waals surface area contributed by atoms with Crippen LogP contribution < -0.4 is 4.74 Å². The minimum Gasteiger partial charge on any atom is -0.491 e. The van der Waals surface area contributed by atoms with E-state index in [-0.39, 0.29) is 22.3 Å². The lowest BCUT2D eigenvalue weighted by molar-refractivity contribution is 0.0507. The molecule has 3 atom stereocenters. The third kappa shape index (κ3) is 4.40. The first-order valence-corrected chi connectivity index (χ1v) is 11.3. The van der Waals surface area contributed by atoms with Crippen LogP contribution in [0.1, 0.15) is 29.0 Å². The highest BCUT2D eigenvalue weighted by molar-refractivity contribution is 6.32. The van der Waals surface area contributed by atoms with E-state index in [0.717, 1.165) is 18.5 Å². The number of amides is 1. The Kier molecular flexibility index (Phi) is 5.69. The van der Waals surface area contributed by atoms with Crippen molar-refractivity contribution < 1.29 is 9.53 Å². The Morgan fingerprint density at radius 3 is 2.59 bits per heavy atom. The smallest absolute Gasteiger partial charge is 0.273 e. The molecule has 0 bridgehead atoms. The predicted molar refractivity (Wildman–Crippen MR) is 121 cm³/mol. The van der Waals surface area contributed by atoms with Crippen molar-refractivity contribution in [2.24, 2.45) is 11.8 Å². The molecule has 2 fully saturated rings. The van der Waals surface area contributed by atoms with E-state index >= 15 is 0 Å². The van der Waals surface area contributed by atoms with Gasteiger partial charge in [0, 0.05) is 36.8 Å². The lowest BCUT2D eigenvalue weighted by Crippen LogP contribution is -2.48. The van der Waals surface area contributed by atoms with Crippen molar-refractivity contribution in [2.45, 2.75) is 25.8 Å². The Morgan fingerprint density at radius 2 is 1.84 bits per heavy atom. The molecule has 9 heteroatoms. The largest absolute Gasteiger partial charge is 0.491 e. The van der Waals surface area contributed by atoms with Crippen molar-refractivity contribution >= 4 is 29.1 Å². The van der Waals surface area contributed by atoms with Crippen molar-refractivity contribution in [3.63, 3.8) is 0 Å². The minimum atomic E-state index is -0.124. The molecule has 5 rings (SSSR count). The van der Waals surface area contributed by atoms with Crippen LogP contribution in [-0.4, -0.2) is 49.9 Å². The molecule has 1 saturated heterocycles. The first kappa shape index (κ1) is 21.1. The van der Waals surface area contributed by atoms with E-state index in [4.69, 9.17) is 27.9 Å². The summed E-state index contributed by atoms with van der Waals surface area (Å²) in [5, 5.41) is 0.533. The summed E-state index contributed by atoms with van der Waals surface area (Å²) in [4.78, 5) is 32.8. The SMILES string of the molecule is Cc1ccc(-c2ncccn2)c(C(=O)N2C[C@H]3C[C@H]3C[C@H]2COc2cc(Cl)nc(Cl)c2)n1. The maximum atomic E-state index is 13.7. The number of nitrogens with zero attached hydrogens (tertiary/aromatic N) is 5. The average Bonchev–Trinajstić information content (AvgIpc) is 3.55. The highest BCUT2D eigenvalue weighted by Crippen LogP contribution is 2.47. The molecular formula is C23H21Cl2N5O2. The molecule has 1 amide bonds. The number of hydrogen-bond acceptors (Lipinski definition) is 6. The van der Waals surface area contributed by atoms with Crippen LogP contribution in [0.2, 0.25) is 10.3 Å². The lowest BCUT2D eigenvalue weighted by Gasteiger charge is -2.35. The van der Waals surface area contributed by atoms with Crippen molar-refractivity contribution in [1.29, 1.82) is 0 Å². The van der Waals surface area contributed by atoms with E-state index in [2.05, 4.69) is 19.9 Å². The summed E-state index contributed by atoms with van der Waals surface area (Å²) in [6.45, 7) is 2.91. The molecule has 1 aliphatic carbocycles. The van der Waals surface area contributed by atoms with Gasteiger partial charge in [-0.05, 0) is 49.8 Å². The number of carbonyl (C=O) groups excluding carboxylic acids is 1. The monoisotopic (exact) mass is 469 g/mol. The second-order valence-electron chi connectivity index (χ2n) is 8.28. The van der Waals surface area contributed by atoms with Gasteiger partial charge in [-0.1, -0.05) is 23.2 Å². The quantitative estimate of drug-likeness (QED) is 0.512. The number of aromatic nitrogens is 4. The zero-order chi connectivity index (χ0) is 22.2. The van der Waals surface area contributed by atoms with E-state index in [1.165, 1.54) is 0 Å². The Morgan fingerprint density at radius 1 is 1.09 bits per heavy atom. The maximum absolute atomic E-state index is 13.7. The van der Waals surface area contributed by atoms with E-state index in [1.54, 1.807) is 30.6 Å². The number of fused-ring (bicyclic) bond motifs is 1. The van der Waals surface area contributed by atoms with Gasteiger partial charge in [-0.3, -0.25) is 4.79 Å². The number of halogens is 2. The van der Waals surface area contributed by atoms with Crippen LogP contribution in [0.15, 0.2) is 42.7 Å². The summed E-state index contributed by atoms with van der Waals surface area (Å²) in [6.07, 6.45) is 5.36. The van der Waals surface area contributed by atoms with Crippen LogP contribution in [0.25, 0.3) is 11.4 Å². The number of likely N-dealkylation sites (tertiary alicyclic amines) is 1. The third-order valence-electron chi connectivity index (χ3n) is 6.00. The molecule has 32 heavy (non-hydrogen) atoms. The van der Waals surface area contributed by atoms with Gasteiger partial charge in [0.05, 0.1) is 11.6 Å². The van der Waals surface area contributed by atoms with Gasteiger partial charge >= 0.3 is 0 Å². The van der Waals surface area contributed by atoms with Crippen molar-refractivity contribution in [2.75, 3.05) is 13.2 Å². The highest BCUT2D eigenvalue weighted by atomic mass is 35.5. The van der Waals surface area contributed by atoms with E-state index < -0.39 is 0 Å². The molecule has 0 radical (unpaired) electrons. The van der Waals surface area contributed by atoms with Gasteiger partial charge in [0.15, 0.2) is 5.82 Å². The van der Waals surface area contributed by atoms with Crippen molar-refractivity contribution in [3.05, 3.63) is 64.4 Å². The average molecular weight is 470 g/mol. The van der Waals surface area contributed by atoms with Crippen LogP contribution in [0.4, 0.5) is 0 Å². The number of carbonyl (C=O) groups is 1. The molecule has 4 heterocycles. The number of piperidine rings is 1. The minimum absolute atomic E-state index is 0.0798. The van der Waals surface area contributed by atoms with Gasteiger partial charge in [0.1, 0.15) is 28.4 Å². The predicted octanol–water partition coefficient (Wildman–Crippen LogP) is 4.48. The summed E-state index contributed by atoms with van der Waals surface area (Å²) in [6, 6.07) is 8.64. The van der Waals surface area contributed by atoms with Crippen LogP contribution in [0, 0.1) is 18.8 Å². The summed E-state index contributed by atoms with van der Waals surface area (Å²) in [5.74, 6) is 2.08. The first-order chi connectivity index (χ1) is 15.5. The molecule has 0 unspecified atom stereocenters. The summed E-state index contributed by atoms with van der Waals surface area (Å²) >= 11 is 12.0. The number of pyridine rings is 2. The van der Waals surface area contributed by atoms with Crippen LogP contribution in [-0.2, 0) is 0 Å². The Balaban J connectivity index is 1.42. The molecule has 3 aromatic rings. The van der Waals surface area contributed by atoms with Gasteiger partial charge in [-0.2, -0.15) is 0 Å². The number of ether oxygens (including phenoxy) is 1. The van der Waals surface area contributed by atoms with Gasteiger partial charge < -0.3 is 9.64 Å². The first-order valence-electron chi connectivity index (χ1n) is 10.5. The topological polar surface area (TPSA) is 81.1 Å². The number of rotatable bonds is 5. The lowest BCUT2D eigenvalue weighted by atomic mass is 10.0. The Bertz CT molecular complexity index is 1140. The number of aryl methyl sites for hydroxylation is 1. The molecule has 0 aromatic carbocycles. The van der Waals surface area contributed by atoms with E-state index in [0.29, 0.717) is 47.8 Å². The van der Waals surface area contributed by atoms with Crippen molar-refractivity contribution in [1.82, 2.24) is 24.8 Å². The fourth-order valence-corrected chi connectivity index (χ4v) is 4.74. The summed E-state index contributed by atoms with van der Waals surface area (Å²) in [7, 11) is 0. The van der Waals surface area contributed by atoms with E-state index in [1.807, 2.05) is 24.0 Å². The molecular weight excluding hydrogens is 449 g/mol. The summed E-state index contributed by atoms with van der Waals surface area (Å²) < 4.78 is 5.98. The van der Waals surface area contributed by atoms with Crippen LogP contribution in [0.3, 0.4) is 0 Å². The fraction of sp³-hybridized carbons (Fsp3) is 0.348. The fourth-order valence-electron chi connectivity index (χ4n) is 4.30. The van der Waals surface area contributed by atoms with Gasteiger partial charge in [-0.15, -0.1) is 0 Å². The molecule has 0 spiro atoms. The Labute approximate surface area is 195 Å².